The molecule has 38 heavy (non-hydrogen) atoms. The summed E-state index contributed by atoms with van der Waals surface area (Å²) in [5.41, 5.74) is 2.19. The number of nitrogens with zero attached hydrogens (tertiary/aromatic N) is 5. The molecule has 1 atom stereocenters. The number of piperazine rings is 1. The minimum absolute atomic E-state index is 0.284. The van der Waals surface area contributed by atoms with Crippen molar-refractivity contribution >= 4 is 6.09 Å². The molecule has 3 aromatic carbocycles. The minimum atomic E-state index is -0.651. The molecule has 1 aliphatic heterocycles. The van der Waals surface area contributed by atoms with Gasteiger partial charge >= 0.3 is 6.09 Å². The van der Waals surface area contributed by atoms with Gasteiger partial charge in [0.05, 0.1) is 11.5 Å². The van der Waals surface area contributed by atoms with Gasteiger partial charge in [-0.3, -0.25) is 4.90 Å². The number of carbonyl (C=O) groups excluding carboxylic acids is 1. The van der Waals surface area contributed by atoms with Crippen molar-refractivity contribution in [1.29, 1.82) is 0 Å². The first kappa shape index (κ1) is 25.6. The van der Waals surface area contributed by atoms with E-state index in [0.717, 1.165) is 16.7 Å². The first-order valence-corrected chi connectivity index (χ1v) is 13.0. The lowest BCUT2D eigenvalue weighted by molar-refractivity contribution is 0.00650. The number of rotatable bonds is 6. The highest BCUT2D eigenvalue weighted by Gasteiger charge is 2.50. The smallest absolute Gasteiger partial charge is 0.410 e. The van der Waals surface area contributed by atoms with Crippen LogP contribution in [0.15, 0.2) is 91.0 Å². The van der Waals surface area contributed by atoms with Gasteiger partial charge in [-0.2, -0.15) is 5.21 Å². The number of hydrogen-bond acceptors (Lipinski definition) is 6. The van der Waals surface area contributed by atoms with Crippen molar-refractivity contribution in [3.63, 3.8) is 0 Å². The molecule has 5 rings (SSSR count). The second-order valence-electron chi connectivity index (χ2n) is 10.6. The lowest BCUT2D eigenvalue weighted by Crippen LogP contribution is -2.55. The Balaban J connectivity index is 1.65. The number of tetrazole rings is 1. The molecule has 1 fully saturated rings. The first-order chi connectivity index (χ1) is 18.4. The SMILES string of the molecule is CC(C)(C)OC(=O)N1CCN(C(c2nn[nH]n2)C(c2ccccc2)(c2ccccc2)c2ccccc2)CC1. The molecule has 1 unspecified atom stereocenters. The number of ether oxygens (including phenoxy) is 1. The highest BCUT2D eigenvalue weighted by atomic mass is 16.6. The van der Waals surface area contributed by atoms with Crippen LogP contribution < -0.4 is 0 Å². The molecule has 196 valence electrons. The molecule has 1 aromatic heterocycles. The summed E-state index contributed by atoms with van der Waals surface area (Å²) in [5, 5.41) is 15.7. The highest BCUT2D eigenvalue weighted by Crippen LogP contribution is 2.50. The average molecular weight is 511 g/mol. The molecule has 0 radical (unpaired) electrons. The Kier molecular flexibility index (Phi) is 7.24. The number of nitrogens with one attached hydrogen (secondary N) is 1. The summed E-state index contributed by atoms with van der Waals surface area (Å²) in [6.45, 7) is 8.01. The van der Waals surface area contributed by atoms with E-state index < -0.39 is 11.0 Å². The minimum Gasteiger partial charge on any atom is -0.444 e. The number of benzene rings is 3. The van der Waals surface area contributed by atoms with Crippen LogP contribution in [0.3, 0.4) is 0 Å². The number of carbonyl (C=O) groups is 1. The van der Waals surface area contributed by atoms with Crippen molar-refractivity contribution in [3.8, 4) is 0 Å². The van der Waals surface area contributed by atoms with E-state index in [4.69, 9.17) is 4.74 Å². The number of aromatic nitrogens is 4. The molecule has 0 bridgehead atoms. The van der Waals surface area contributed by atoms with Gasteiger partial charge in [-0.25, -0.2) is 4.79 Å². The molecule has 1 saturated heterocycles. The van der Waals surface area contributed by atoms with Gasteiger partial charge in [-0.05, 0) is 37.5 Å². The standard InChI is InChI=1S/C30H34N6O2/c1-29(2,3)38-28(37)36-21-19-35(20-22-36)26(27-31-33-34-32-27)30(23-13-7-4-8-14-23,24-15-9-5-10-16-24)25-17-11-6-12-18-25/h4-18,26H,19-22H2,1-3H3,(H,31,32,33,34). The quantitative estimate of drug-likeness (QED) is 0.374. The van der Waals surface area contributed by atoms with Crippen molar-refractivity contribution < 1.29 is 9.53 Å². The Morgan fingerprint density at radius 2 is 1.26 bits per heavy atom. The Bertz CT molecular complexity index is 1200. The zero-order valence-electron chi connectivity index (χ0n) is 22.1. The fourth-order valence-corrected chi connectivity index (χ4v) is 5.48. The predicted molar refractivity (Wildman–Crippen MR) is 146 cm³/mol. The average Bonchev–Trinajstić information content (AvgIpc) is 3.47. The number of amides is 1. The van der Waals surface area contributed by atoms with Crippen molar-refractivity contribution in [1.82, 2.24) is 30.4 Å². The topological polar surface area (TPSA) is 87.2 Å². The molecule has 1 aliphatic rings. The summed E-state index contributed by atoms with van der Waals surface area (Å²) >= 11 is 0. The third-order valence-electron chi connectivity index (χ3n) is 7.03. The molecule has 2 heterocycles. The number of H-pyrrole nitrogens is 1. The van der Waals surface area contributed by atoms with Crippen LogP contribution in [0.2, 0.25) is 0 Å². The first-order valence-electron chi connectivity index (χ1n) is 13.0. The van der Waals surface area contributed by atoms with Crippen LogP contribution in [0.5, 0.6) is 0 Å². The summed E-state index contributed by atoms with van der Waals surface area (Å²) in [7, 11) is 0. The molecule has 8 nitrogen and oxygen atoms in total. The Hall–Kier alpha value is -4.04. The summed E-state index contributed by atoms with van der Waals surface area (Å²) in [6, 6.07) is 31.3. The molecular formula is C30H34N6O2. The molecule has 8 heteroatoms. The third kappa shape index (κ3) is 5.04. The lowest BCUT2D eigenvalue weighted by atomic mass is 9.63. The molecule has 1 N–H and O–H groups in total. The van der Waals surface area contributed by atoms with E-state index in [-0.39, 0.29) is 12.1 Å². The predicted octanol–water partition coefficient (Wildman–Crippen LogP) is 4.83. The molecule has 0 spiro atoms. The van der Waals surface area contributed by atoms with Crippen LogP contribution in [-0.2, 0) is 10.2 Å². The zero-order valence-corrected chi connectivity index (χ0v) is 22.1. The van der Waals surface area contributed by atoms with Gasteiger partial charge in [0.2, 0.25) is 0 Å². The maximum absolute atomic E-state index is 12.8. The maximum atomic E-state index is 12.8. The molecular weight excluding hydrogens is 476 g/mol. The van der Waals surface area contributed by atoms with E-state index in [1.807, 2.05) is 39.0 Å². The highest BCUT2D eigenvalue weighted by molar-refractivity contribution is 5.68. The molecule has 1 amide bonds. The van der Waals surface area contributed by atoms with E-state index in [1.165, 1.54) is 0 Å². The molecule has 0 saturated carbocycles. The molecule has 0 aliphatic carbocycles. The van der Waals surface area contributed by atoms with Crippen LogP contribution in [0.4, 0.5) is 4.79 Å². The van der Waals surface area contributed by atoms with E-state index in [9.17, 15) is 4.79 Å². The third-order valence-corrected chi connectivity index (χ3v) is 7.03. The van der Waals surface area contributed by atoms with Crippen LogP contribution in [0, 0.1) is 0 Å². The van der Waals surface area contributed by atoms with Gasteiger partial charge in [0.25, 0.3) is 0 Å². The van der Waals surface area contributed by atoms with E-state index >= 15 is 0 Å². The van der Waals surface area contributed by atoms with Crippen molar-refractivity contribution in [2.45, 2.75) is 37.8 Å². The van der Waals surface area contributed by atoms with Gasteiger partial charge in [-0.15, -0.1) is 10.2 Å². The maximum Gasteiger partial charge on any atom is 0.410 e. The second-order valence-corrected chi connectivity index (χ2v) is 10.6. The summed E-state index contributed by atoms with van der Waals surface area (Å²) in [4.78, 5) is 17.0. The number of hydrogen-bond donors (Lipinski definition) is 1. The lowest BCUT2D eigenvalue weighted by Gasteiger charge is -2.48. The largest absolute Gasteiger partial charge is 0.444 e. The van der Waals surface area contributed by atoms with E-state index in [0.29, 0.717) is 32.0 Å². The Labute approximate surface area is 223 Å². The Morgan fingerprint density at radius 3 is 1.66 bits per heavy atom. The van der Waals surface area contributed by atoms with Crippen molar-refractivity contribution in [3.05, 3.63) is 114 Å². The zero-order chi connectivity index (χ0) is 26.6. The van der Waals surface area contributed by atoms with E-state index in [2.05, 4.69) is 98.3 Å². The van der Waals surface area contributed by atoms with Crippen LogP contribution >= 0.6 is 0 Å². The summed E-state index contributed by atoms with van der Waals surface area (Å²) in [5.74, 6) is 0.604. The van der Waals surface area contributed by atoms with Gasteiger partial charge in [0, 0.05) is 26.2 Å². The van der Waals surface area contributed by atoms with Gasteiger partial charge in [0.15, 0.2) is 5.82 Å². The fourth-order valence-electron chi connectivity index (χ4n) is 5.48. The fraction of sp³-hybridized carbons (Fsp3) is 0.333. The van der Waals surface area contributed by atoms with E-state index in [1.54, 1.807) is 4.90 Å². The summed E-state index contributed by atoms with van der Waals surface area (Å²) in [6.07, 6.45) is -0.284. The van der Waals surface area contributed by atoms with Gasteiger partial charge in [-0.1, -0.05) is 96.2 Å². The number of aromatic amines is 1. The van der Waals surface area contributed by atoms with Gasteiger partial charge < -0.3 is 9.64 Å². The Morgan fingerprint density at radius 1 is 0.789 bits per heavy atom. The van der Waals surface area contributed by atoms with Crippen molar-refractivity contribution in [2.75, 3.05) is 26.2 Å². The second kappa shape index (κ2) is 10.8. The van der Waals surface area contributed by atoms with Crippen molar-refractivity contribution in [2.24, 2.45) is 0 Å². The normalized spacial score (nSPS) is 15.7. The van der Waals surface area contributed by atoms with Crippen LogP contribution in [0.25, 0.3) is 0 Å². The summed E-state index contributed by atoms with van der Waals surface area (Å²) < 4.78 is 5.65. The van der Waals surface area contributed by atoms with Crippen LogP contribution in [0.1, 0.15) is 49.3 Å². The van der Waals surface area contributed by atoms with Crippen LogP contribution in [-0.4, -0.2) is 68.3 Å². The molecule has 4 aromatic rings. The van der Waals surface area contributed by atoms with Gasteiger partial charge in [0.1, 0.15) is 5.60 Å². The monoisotopic (exact) mass is 510 g/mol.